The van der Waals surface area contributed by atoms with E-state index in [0.717, 1.165) is 24.2 Å². The number of amides is 2. The van der Waals surface area contributed by atoms with Gasteiger partial charge < -0.3 is 15.0 Å². The Hall–Kier alpha value is -2.53. The van der Waals surface area contributed by atoms with Gasteiger partial charge in [0.2, 0.25) is 5.91 Å². The average molecular weight is 415 g/mol. The molecule has 0 aliphatic carbocycles. The maximum absolute atomic E-state index is 12.5. The number of aryl methyl sites for hydroxylation is 1. The maximum Gasteiger partial charge on any atom is 0.253 e. The number of hydrogen-bond acceptors (Lipinski definition) is 3. The van der Waals surface area contributed by atoms with E-state index in [-0.39, 0.29) is 17.9 Å². The molecule has 0 atom stereocenters. The van der Waals surface area contributed by atoms with Crippen molar-refractivity contribution in [3.8, 4) is 5.75 Å². The molecule has 154 valence electrons. The fraction of sp³-hybridized carbons (Fsp3) is 0.391. The zero-order valence-corrected chi connectivity index (χ0v) is 17.5. The van der Waals surface area contributed by atoms with Crippen molar-refractivity contribution in [2.75, 3.05) is 19.7 Å². The zero-order valence-electron chi connectivity index (χ0n) is 16.7. The summed E-state index contributed by atoms with van der Waals surface area (Å²) in [5, 5.41) is 3.70. The average Bonchev–Trinajstić information content (AvgIpc) is 2.73. The van der Waals surface area contributed by atoms with Gasteiger partial charge in [0.05, 0.1) is 6.61 Å². The van der Waals surface area contributed by atoms with Crippen molar-refractivity contribution in [1.29, 1.82) is 0 Å². The van der Waals surface area contributed by atoms with Gasteiger partial charge in [0, 0.05) is 36.1 Å². The standard InChI is InChI=1S/C23H27ClN2O3/c1-17-5-2-3-6-21(17)29-16-4-7-22(27)25-20-12-14-26(15-13-20)23(28)18-8-10-19(24)11-9-18/h2-3,5-6,8-11,20H,4,7,12-16H2,1H3,(H,25,27). The van der Waals surface area contributed by atoms with Crippen molar-refractivity contribution in [3.05, 3.63) is 64.7 Å². The van der Waals surface area contributed by atoms with Crippen molar-refractivity contribution in [2.45, 2.75) is 38.6 Å². The summed E-state index contributed by atoms with van der Waals surface area (Å²) in [7, 11) is 0. The highest BCUT2D eigenvalue weighted by molar-refractivity contribution is 6.30. The van der Waals surface area contributed by atoms with Crippen molar-refractivity contribution >= 4 is 23.4 Å². The molecule has 5 nitrogen and oxygen atoms in total. The lowest BCUT2D eigenvalue weighted by molar-refractivity contribution is -0.122. The van der Waals surface area contributed by atoms with Crippen molar-refractivity contribution < 1.29 is 14.3 Å². The van der Waals surface area contributed by atoms with Gasteiger partial charge in [-0.2, -0.15) is 0 Å². The fourth-order valence-electron chi connectivity index (χ4n) is 3.44. The van der Waals surface area contributed by atoms with E-state index in [1.165, 1.54) is 0 Å². The van der Waals surface area contributed by atoms with E-state index in [9.17, 15) is 9.59 Å². The van der Waals surface area contributed by atoms with E-state index in [0.29, 0.717) is 43.1 Å². The van der Waals surface area contributed by atoms with Crippen molar-refractivity contribution in [1.82, 2.24) is 10.2 Å². The second-order valence-electron chi connectivity index (χ2n) is 7.36. The molecule has 2 aromatic rings. The molecule has 1 saturated heterocycles. The molecule has 0 bridgehead atoms. The van der Waals surface area contributed by atoms with Gasteiger partial charge in [-0.15, -0.1) is 0 Å². The van der Waals surface area contributed by atoms with E-state index in [1.54, 1.807) is 24.3 Å². The minimum Gasteiger partial charge on any atom is -0.493 e. The summed E-state index contributed by atoms with van der Waals surface area (Å²) < 4.78 is 5.73. The first kappa shape index (κ1) is 21.2. The number of carbonyl (C=O) groups excluding carboxylic acids is 2. The summed E-state index contributed by atoms with van der Waals surface area (Å²) in [5.41, 5.74) is 1.74. The largest absolute Gasteiger partial charge is 0.493 e. The zero-order chi connectivity index (χ0) is 20.6. The second kappa shape index (κ2) is 10.3. The molecule has 0 saturated carbocycles. The van der Waals surface area contributed by atoms with Crippen LogP contribution in [0.2, 0.25) is 5.02 Å². The van der Waals surface area contributed by atoms with Gasteiger partial charge in [-0.25, -0.2) is 0 Å². The number of nitrogens with zero attached hydrogens (tertiary/aromatic N) is 1. The van der Waals surface area contributed by atoms with Gasteiger partial charge in [-0.1, -0.05) is 29.8 Å². The van der Waals surface area contributed by atoms with Gasteiger partial charge in [-0.3, -0.25) is 9.59 Å². The van der Waals surface area contributed by atoms with E-state index < -0.39 is 0 Å². The third-order valence-electron chi connectivity index (χ3n) is 5.14. The number of likely N-dealkylation sites (tertiary alicyclic amines) is 1. The first-order valence-electron chi connectivity index (χ1n) is 10.1. The van der Waals surface area contributed by atoms with E-state index in [4.69, 9.17) is 16.3 Å². The van der Waals surface area contributed by atoms with Gasteiger partial charge in [0.1, 0.15) is 5.75 Å². The number of nitrogens with one attached hydrogen (secondary N) is 1. The second-order valence-corrected chi connectivity index (χ2v) is 7.79. The van der Waals surface area contributed by atoms with Crippen LogP contribution in [0.5, 0.6) is 5.75 Å². The molecule has 3 rings (SSSR count). The van der Waals surface area contributed by atoms with Crippen LogP contribution in [0.25, 0.3) is 0 Å². The van der Waals surface area contributed by atoms with Crippen LogP contribution in [-0.2, 0) is 4.79 Å². The Morgan fingerprint density at radius 3 is 2.48 bits per heavy atom. The number of halogens is 1. The molecule has 0 radical (unpaired) electrons. The van der Waals surface area contributed by atoms with Crippen LogP contribution in [0, 0.1) is 6.92 Å². The predicted octanol–water partition coefficient (Wildman–Crippen LogP) is 4.23. The van der Waals surface area contributed by atoms with Crippen LogP contribution in [0.4, 0.5) is 0 Å². The van der Waals surface area contributed by atoms with Crippen LogP contribution < -0.4 is 10.1 Å². The summed E-state index contributed by atoms with van der Waals surface area (Å²) in [4.78, 5) is 26.6. The molecule has 2 aromatic carbocycles. The minimum absolute atomic E-state index is 0.0137. The number of rotatable bonds is 7. The van der Waals surface area contributed by atoms with E-state index in [2.05, 4.69) is 5.32 Å². The maximum atomic E-state index is 12.5. The van der Waals surface area contributed by atoms with Crippen molar-refractivity contribution in [3.63, 3.8) is 0 Å². The number of carbonyl (C=O) groups is 2. The van der Waals surface area contributed by atoms with Crippen LogP contribution in [-0.4, -0.2) is 42.5 Å². The molecular formula is C23H27ClN2O3. The molecule has 1 aliphatic rings. The summed E-state index contributed by atoms with van der Waals surface area (Å²) in [6, 6.07) is 14.9. The highest BCUT2D eigenvalue weighted by Gasteiger charge is 2.24. The molecule has 0 spiro atoms. The first-order valence-corrected chi connectivity index (χ1v) is 10.4. The lowest BCUT2D eigenvalue weighted by atomic mass is 10.0. The number of piperidine rings is 1. The Balaban J connectivity index is 1.34. The lowest BCUT2D eigenvalue weighted by Gasteiger charge is -2.32. The Morgan fingerprint density at radius 1 is 1.10 bits per heavy atom. The molecular weight excluding hydrogens is 388 g/mol. The normalized spacial score (nSPS) is 14.5. The predicted molar refractivity (Wildman–Crippen MR) is 114 cm³/mol. The summed E-state index contributed by atoms with van der Waals surface area (Å²) >= 11 is 5.88. The van der Waals surface area contributed by atoms with Gasteiger partial charge in [0.25, 0.3) is 5.91 Å². The fourth-order valence-corrected chi connectivity index (χ4v) is 3.56. The monoisotopic (exact) mass is 414 g/mol. The van der Waals surface area contributed by atoms with Gasteiger partial charge in [0.15, 0.2) is 0 Å². The molecule has 1 N–H and O–H groups in total. The summed E-state index contributed by atoms with van der Waals surface area (Å²) in [6.07, 6.45) is 2.65. The van der Waals surface area contributed by atoms with Crippen LogP contribution in [0.15, 0.2) is 48.5 Å². The topological polar surface area (TPSA) is 58.6 Å². The highest BCUT2D eigenvalue weighted by Crippen LogP contribution is 2.17. The lowest BCUT2D eigenvalue weighted by Crippen LogP contribution is -2.46. The molecule has 0 unspecified atom stereocenters. The van der Waals surface area contributed by atoms with E-state index >= 15 is 0 Å². The molecule has 6 heteroatoms. The molecule has 29 heavy (non-hydrogen) atoms. The molecule has 1 fully saturated rings. The number of benzene rings is 2. The molecule has 2 amide bonds. The summed E-state index contributed by atoms with van der Waals surface area (Å²) in [6.45, 7) is 3.81. The minimum atomic E-state index is 0.0137. The number of hydrogen-bond donors (Lipinski definition) is 1. The van der Waals surface area contributed by atoms with Gasteiger partial charge in [-0.05, 0) is 62.1 Å². The first-order chi connectivity index (χ1) is 14.0. The number of para-hydroxylation sites is 1. The van der Waals surface area contributed by atoms with Crippen LogP contribution >= 0.6 is 11.6 Å². The Bertz CT molecular complexity index is 830. The van der Waals surface area contributed by atoms with Crippen LogP contribution in [0.3, 0.4) is 0 Å². The smallest absolute Gasteiger partial charge is 0.253 e. The Kier molecular flexibility index (Phi) is 7.53. The molecule has 0 aromatic heterocycles. The quantitative estimate of drug-likeness (QED) is 0.690. The SMILES string of the molecule is Cc1ccccc1OCCCC(=O)NC1CCN(C(=O)c2ccc(Cl)cc2)CC1. The van der Waals surface area contributed by atoms with Gasteiger partial charge >= 0.3 is 0 Å². The Morgan fingerprint density at radius 2 is 1.79 bits per heavy atom. The Labute approximate surface area is 177 Å². The molecule has 1 aliphatic heterocycles. The third kappa shape index (κ3) is 6.23. The van der Waals surface area contributed by atoms with E-state index in [1.807, 2.05) is 36.1 Å². The number of ether oxygens (including phenoxy) is 1. The van der Waals surface area contributed by atoms with Crippen LogP contribution in [0.1, 0.15) is 41.6 Å². The molecule has 1 heterocycles. The van der Waals surface area contributed by atoms with Crippen molar-refractivity contribution in [2.24, 2.45) is 0 Å². The highest BCUT2D eigenvalue weighted by atomic mass is 35.5. The third-order valence-corrected chi connectivity index (χ3v) is 5.39. The summed E-state index contributed by atoms with van der Waals surface area (Å²) in [5.74, 6) is 0.922.